The van der Waals surface area contributed by atoms with Gasteiger partial charge in [0.05, 0.1) is 11.5 Å². The molecule has 1 aromatic carbocycles. The van der Waals surface area contributed by atoms with E-state index in [4.69, 9.17) is 4.74 Å². The first-order valence-corrected chi connectivity index (χ1v) is 7.06. The molecule has 0 aromatic heterocycles. The summed E-state index contributed by atoms with van der Waals surface area (Å²) in [5, 5.41) is 10.3. The zero-order valence-corrected chi connectivity index (χ0v) is 11.8. The molecule has 6 heteroatoms. The Bertz CT molecular complexity index is 581. The minimum Gasteiger partial charge on any atom is -0.545 e. The van der Waals surface area contributed by atoms with Gasteiger partial charge in [0, 0.05) is 5.56 Å². The summed E-state index contributed by atoms with van der Waals surface area (Å²) in [5.74, 6) is -4.42. The fourth-order valence-corrected chi connectivity index (χ4v) is 2.42. The number of halogens is 2. The second-order valence-corrected chi connectivity index (χ2v) is 5.17. The molecular weight excluding hydrogens is 294 g/mol. The molecule has 1 saturated carbocycles. The van der Waals surface area contributed by atoms with Gasteiger partial charge in [-0.1, -0.05) is 6.42 Å². The lowest BCUT2D eigenvalue weighted by Crippen LogP contribution is -2.21. The van der Waals surface area contributed by atoms with Crippen molar-refractivity contribution in [2.24, 2.45) is 0 Å². The van der Waals surface area contributed by atoms with Gasteiger partial charge >= 0.3 is 5.97 Å². The SMILES string of the molecule is O=C([O-])/C=C/c1c(F)cc(C(=O)OC2CCCCC2)cc1F. The van der Waals surface area contributed by atoms with Crippen LogP contribution < -0.4 is 5.11 Å². The Hall–Kier alpha value is -2.24. The predicted octanol–water partition coefficient (Wildman–Crippen LogP) is 2.22. The topological polar surface area (TPSA) is 66.4 Å². The summed E-state index contributed by atoms with van der Waals surface area (Å²) >= 11 is 0. The maximum atomic E-state index is 13.8. The quantitative estimate of drug-likeness (QED) is 0.632. The van der Waals surface area contributed by atoms with Crippen LogP contribution in [0.3, 0.4) is 0 Å². The number of esters is 1. The zero-order chi connectivity index (χ0) is 16.1. The maximum Gasteiger partial charge on any atom is 0.338 e. The molecule has 0 spiro atoms. The van der Waals surface area contributed by atoms with Crippen LogP contribution in [-0.4, -0.2) is 18.0 Å². The summed E-state index contributed by atoms with van der Waals surface area (Å²) in [7, 11) is 0. The minimum absolute atomic E-state index is 0.218. The lowest BCUT2D eigenvalue weighted by Gasteiger charge is -2.21. The van der Waals surface area contributed by atoms with E-state index in [1.807, 2.05) is 0 Å². The van der Waals surface area contributed by atoms with Crippen LogP contribution in [0.5, 0.6) is 0 Å². The molecule has 0 amide bonds. The minimum atomic E-state index is -1.57. The van der Waals surface area contributed by atoms with E-state index < -0.39 is 29.1 Å². The van der Waals surface area contributed by atoms with Gasteiger partial charge in [-0.2, -0.15) is 0 Å². The van der Waals surface area contributed by atoms with Crippen molar-refractivity contribution in [2.45, 2.75) is 38.2 Å². The summed E-state index contributed by atoms with van der Waals surface area (Å²) in [5.41, 5.74) is -0.774. The van der Waals surface area contributed by atoms with Gasteiger partial charge in [0.1, 0.15) is 17.7 Å². The Balaban J connectivity index is 2.14. The van der Waals surface area contributed by atoms with Crippen molar-refractivity contribution >= 4 is 18.0 Å². The molecule has 4 nitrogen and oxygen atoms in total. The molecule has 0 aliphatic heterocycles. The van der Waals surface area contributed by atoms with Gasteiger partial charge in [0.25, 0.3) is 0 Å². The zero-order valence-electron chi connectivity index (χ0n) is 11.8. The van der Waals surface area contributed by atoms with Crippen LogP contribution in [0.25, 0.3) is 6.08 Å². The van der Waals surface area contributed by atoms with E-state index in [0.29, 0.717) is 6.08 Å². The summed E-state index contributed by atoms with van der Waals surface area (Å²) in [6.07, 6.45) is 5.58. The molecule has 0 bridgehead atoms. The number of carbonyl (C=O) groups is 2. The number of hydrogen-bond donors (Lipinski definition) is 0. The number of aliphatic carboxylic acids is 1. The van der Waals surface area contributed by atoms with E-state index in [1.54, 1.807) is 0 Å². The molecule has 0 heterocycles. The molecule has 0 unspecified atom stereocenters. The number of rotatable bonds is 4. The molecule has 1 aliphatic rings. The lowest BCUT2D eigenvalue weighted by molar-refractivity contribution is -0.297. The molecule has 0 radical (unpaired) electrons. The molecule has 118 valence electrons. The average Bonchev–Trinajstić information content (AvgIpc) is 2.47. The van der Waals surface area contributed by atoms with Crippen LogP contribution in [0.15, 0.2) is 18.2 Å². The van der Waals surface area contributed by atoms with Crippen molar-refractivity contribution in [1.82, 2.24) is 0 Å². The second kappa shape index (κ2) is 7.15. The van der Waals surface area contributed by atoms with Crippen LogP contribution in [0.1, 0.15) is 48.0 Å². The number of carboxylic acid groups (broad SMARTS) is 1. The Labute approximate surface area is 126 Å². The third kappa shape index (κ3) is 4.13. The van der Waals surface area contributed by atoms with Crippen LogP contribution >= 0.6 is 0 Å². The predicted molar refractivity (Wildman–Crippen MR) is 72.7 cm³/mol. The van der Waals surface area contributed by atoms with E-state index in [-0.39, 0.29) is 11.7 Å². The Morgan fingerprint density at radius 3 is 2.27 bits per heavy atom. The van der Waals surface area contributed by atoms with Gasteiger partial charge in [-0.15, -0.1) is 0 Å². The van der Waals surface area contributed by atoms with Gasteiger partial charge in [-0.25, -0.2) is 13.6 Å². The highest BCUT2D eigenvalue weighted by molar-refractivity contribution is 5.90. The molecule has 0 saturated heterocycles. The fraction of sp³-hybridized carbons (Fsp3) is 0.375. The van der Waals surface area contributed by atoms with Crippen molar-refractivity contribution < 1.29 is 28.2 Å². The van der Waals surface area contributed by atoms with E-state index >= 15 is 0 Å². The summed E-state index contributed by atoms with van der Waals surface area (Å²) in [6.45, 7) is 0. The molecule has 1 fully saturated rings. The maximum absolute atomic E-state index is 13.8. The first-order valence-electron chi connectivity index (χ1n) is 7.06. The molecule has 1 aromatic rings. The Morgan fingerprint density at radius 1 is 1.14 bits per heavy atom. The third-order valence-electron chi connectivity index (χ3n) is 3.53. The number of hydrogen-bond acceptors (Lipinski definition) is 4. The van der Waals surface area contributed by atoms with Gasteiger partial charge in [-0.3, -0.25) is 0 Å². The molecular formula is C16H15F2O4-. The molecule has 0 atom stereocenters. The van der Waals surface area contributed by atoms with Crippen molar-refractivity contribution in [1.29, 1.82) is 0 Å². The third-order valence-corrected chi connectivity index (χ3v) is 3.53. The van der Waals surface area contributed by atoms with Gasteiger partial charge in [0.2, 0.25) is 0 Å². The highest BCUT2D eigenvalue weighted by atomic mass is 19.1. The Kier molecular flexibility index (Phi) is 5.25. The Morgan fingerprint density at radius 2 is 1.73 bits per heavy atom. The van der Waals surface area contributed by atoms with E-state index in [0.717, 1.165) is 50.3 Å². The van der Waals surface area contributed by atoms with E-state index in [9.17, 15) is 23.5 Å². The number of carboxylic acids is 1. The van der Waals surface area contributed by atoms with Crippen LogP contribution in [-0.2, 0) is 9.53 Å². The number of benzene rings is 1. The largest absolute Gasteiger partial charge is 0.545 e. The summed E-state index contributed by atoms with van der Waals surface area (Å²) < 4.78 is 32.8. The average molecular weight is 309 g/mol. The van der Waals surface area contributed by atoms with E-state index in [2.05, 4.69) is 0 Å². The van der Waals surface area contributed by atoms with E-state index in [1.165, 1.54) is 0 Å². The van der Waals surface area contributed by atoms with Crippen molar-refractivity contribution in [3.05, 3.63) is 41.0 Å². The van der Waals surface area contributed by atoms with Crippen LogP contribution in [0, 0.1) is 11.6 Å². The van der Waals surface area contributed by atoms with Gasteiger partial charge < -0.3 is 14.6 Å². The number of carbonyl (C=O) groups excluding carboxylic acids is 2. The van der Waals surface area contributed by atoms with Gasteiger partial charge in [0.15, 0.2) is 0 Å². The van der Waals surface area contributed by atoms with Crippen molar-refractivity contribution in [3.63, 3.8) is 0 Å². The van der Waals surface area contributed by atoms with Crippen molar-refractivity contribution in [3.8, 4) is 0 Å². The summed E-state index contributed by atoms with van der Waals surface area (Å²) in [4.78, 5) is 22.2. The first-order chi connectivity index (χ1) is 10.5. The normalized spacial score (nSPS) is 15.9. The molecule has 0 N–H and O–H groups in total. The highest BCUT2D eigenvalue weighted by Gasteiger charge is 2.20. The molecule has 1 aliphatic carbocycles. The fourth-order valence-electron chi connectivity index (χ4n) is 2.42. The van der Waals surface area contributed by atoms with Crippen LogP contribution in [0.2, 0.25) is 0 Å². The standard InChI is InChI=1S/C16H16F2O4/c17-13-8-10(9-14(18)12(13)6-7-15(19)20)16(21)22-11-4-2-1-3-5-11/h6-9,11H,1-5H2,(H,19,20)/p-1/b7-6+. The smallest absolute Gasteiger partial charge is 0.338 e. The van der Waals surface area contributed by atoms with Crippen LogP contribution in [0.4, 0.5) is 8.78 Å². The second-order valence-electron chi connectivity index (χ2n) is 5.17. The molecule has 22 heavy (non-hydrogen) atoms. The lowest BCUT2D eigenvalue weighted by atomic mass is 9.98. The van der Waals surface area contributed by atoms with Crippen molar-refractivity contribution in [2.75, 3.05) is 0 Å². The first kappa shape index (κ1) is 16.1. The highest BCUT2D eigenvalue weighted by Crippen LogP contribution is 2.23. The van der Waals surface area contributed by atoms with Gasteiger partial charge in [-0.05, 0) is 50.0 Å². The number of ether oxygens (including phenoxy) is 1. The monoisotopic (exact) mass is 309 g/mol. The summed E-state index contributed by atoms with van der Waals surface area (Å²) in [6, 6.07) is 1.67. The molecule has 2 rings (SSSR count).